The maximum Gasteiger partial charge on any atom is 0.274 e. The summed E-state index contributed by atoms with van der Waals surface area (Å²) in [5.41, 5.74) is 1.17. The van der Waals surface area contributed by atoms with Crippen molar-refractivity contribution in [1.29, 1.82) is 0 Å². The number of nitrogens with one attached hydrogen (secondary N) is 1. The molecule has 2 amide bonds. The van der Waals surface area contributed by atoms with Crippen molar-refractivity contribution in [1.82, 2.24) is 9.88 Å². The Morgan fingerprint density at radius 2 is 1.81 bits per heavy atom. The van der Waals surface area contributed by atoms with Crippen LogP contribution in [0.3, 0.4) is 0 Å². The molecule has 0 radical (unpaired) electrons. The second kappa shape index (κ2) is 6.49. The fourth-order valence-corrected chi connectivity index (χ4v) is 2.08. The summed E-state index contributed by atoms with van der Waals surface area (Å²) < 4.78 is 0.577. The highest BCUT2D eigenvalue weighted by Gasteiger charge is 2.15. The molecule has 1 heterocycles. The van der Waals surface area contributed by atoms with Crippen molar-refractivity contribution in [2.24, 2.45) is 0 Å². The molecule has 0 spiro atoms. The zero-order chi connectivity index (χ0) is 15.4. The van der Waals surface area contributed by atoms with E-state index in [1.807, 2.05) is 0 Å². The lowest BCUT2D eigenvalue weighted by atomic mass is 10.1. The zero-order valence-electron chi connectivity index (χ0n) is 11.6. The number of benzene rings is 1. The molecule has 108 valence electrons. The van der Waals surface area contributed by atoms with E-state index in [1.54, 1.807) is 56.6 Å². The largest absolute Gasteiger partial charge is 0.345 e. The second-order valence-electron chi connectivity index (χ2n) is 4.54. The van der Waals surface area contributed by atoms with E-state index in [2.05, 4.69) is 26.2 Å². The number of halogens is 1. The summed E-state index contributed by atoms with van der Waals surface area (Å²) in [6.07, 6.45) is 0. The summed E-state index contributed by atoms with van der Waals surface area (Å²) in [6.45, 7) is 0. The molecule has 0 saturated carbocycles. The van der Waals surface area contributed by atoms with Crippen molar-refractivity contribution < 1.29 is 9.59 Å². The van der Waals surface area contributed by atoms with Crippen LogP contribution in [0.4, 0.5) is 5.69 Å². The van der Waals surface area contributed by atoms with Gasteiger partial charge in [-0.15, -0.1) is 0 Å². The first-order valence-electron chi connectivity index (χ1n) is 6.23. The van der Waals surface area contributed by atoms with Crippen LogP contribution in [0, 0.1) is 0 Å². The molecule has 0 atom stereocenters. The molecule has 0 aliphatic heterocycles. The van der Waals surface area contributed by atoms with Crippen molar-refractivity contribution in [3.05, 3.63) is 58.3 Å². The van der Waals surface area contributed by atoms with Gasteiger partial charge in [0.1, 0.15) is 10.3 Å². The van der Waals surface area contributed by atoms with Crippen LogP contribution in [0.1, 0.15) is 20.8 Å². The second-order valence-corrected chi connectivity index (χ2v) is 5.36. The van der Waals surface area contributed by atoms with Crippen molar-refractivity contribution in [3.8, 4) is 0 Å². The lowest BCUT2D eigenvalue weighted by molar-refractivity contribution is 0.0828. The van der Waals surface area contributed by atoms with Crippen molar-refractivity contribution >= 4 is 33.4 Å². The molecule has 2 rings (SSSR count). The number of aromatic nitrogens is 1. The third kappa shape index (κ3) is 3.66. The van der Waals surface area contributed by atoms with Gasteiger partial charge in [-0.2, -0.15) is 0 Å². The van der Waals surface area contributed by atoms with Gasteiger partial charge < -0.3 is 10.2 Å². The average molecular weight is 348 g/mol. The SMILES string of the molecule is CN(C)C(=O)c1ccccc1NC(=O)c1cccc(Br)n1. The first-order valence-corrected chi connectivity index (χ1v) is 7.03. The Morgan fingerprint density at radius 1 is 1.10 bits per heavy atom. The highest BCUT2D eigenvalue weighted by Crippen LogP contribution is 2.17. The average Bonchev–Trinajstić information content (AvgIpc) is 2.47. The van der Waals surface area contributed by atoms with Gasteiger partial charge in [0.2, 0.25) is 0 Å². The fraction of sp³-hybridized carbons (Fsp3) is 0.133. The number of rotatable bonds is 3. The van der Waals surface area contributed by atoms with Crippen LogP contribution >= 0.6 is 15.9 Å². The Labute approximate surface area is 131 Å². The highest BCUT2D eigenvalue weighted by atomic mass is 79.9. The van der Waals surface area contributed by atoms with E-state index >= 15 is 0 Å². The van der Waals surface area contributed by atoms with Gasteiger partial charge in [0.15, 0.2) is 0 Å². The highest BCUT2D eigenvalue weighted by molar-refractivity contribution is 9.10. The van der Waals surface area contributed by atoms with E-state index in [0.717, 1.165) is 0 Å². The number of carbonyl (C=O) groups excluding carboxylic acids is 2. The Morgan fingerprint density at radius 3 is 2.48 bits per heavy atom. The number of hydrogen-bond acceptors (Lipinski definition) is 3. The molecular formula is C15H14BrN3O2. The molecule has 1 aromatic carbocycles. The summed E-state index contributed by atoms with van der Waals surface area (Å²) in [4.78, 5) is 29.8. The van der Waals surface area contributed by atoms with Crippen LogP contribution in [-0.4, -0.2) is 35.8 Å². The quantitative estimate of drug-likeness (QED) is 0.868. The number of pyridine rings is 1. The van der Waals surface area contributed by atoms with E-state index in [0.29, 0.717) is 15.9 Å². The van der Waals surface area contributed by atoms with Crippen LogP contribution in [0.2, 0.25) is 0 Å². The topological polar surface area (TPSA) is 62.3 Å². The van der Waals surface area contributed by atoms with Gasteiger partial charge in [-0.3, -0.25) is 9.59 Å². The van der Waals surface area contributed by atoms with Gasteiger partial charge in [-0.1, -0.05) is 18.2 Å². The minimum Gasteiger partial charge on any atom is -0.345 e. The number of nitrogens with zero attached hydrogens (tertiary/aromatic N) is 2. The molecule has 5 nitrogen and oxygen atoms in total. The zero-order valence-corrected chi connectivity index (χ0v) is 13.2. The van der Waals surface area contributed by atoms with E-state index in [4.69, 9.17) is 0 Å². The number of carbonyl (C=O) groups is 2. The van der Waals surface area contributed by atoms with E-state index in [9.17, 15) is 9.59 Å². The van der Waals surface area contributed by atoms with Crippen molar-refractivity contribution in [2.75, 3.05) is 19.4 Å². The Hall–Kier alpha value is -2.21. The van der Waals surface area contributed by atoms with Crippen LogP contribution in [0.25, 0.3) is 0 Å². The molecule has 0 saturated heterocycles. The summed E-state index contributed by atoms with van der Waals surface area (Å²) in [5, 5.41) is 2.72. The maximum absolute atomic E-state index is 12.2. The van der Waals surface area contributed by atoms with E-state index < -0.39 is 0 Å². The van der Waals surface area contributed by atoms with Gasteiger partial charge in [-0.25, -0.2) is 4.98 Å². The lowest BCUT2D eigenvalue weighted by Gasteiger charge is -2.14. The van der Waals surface area contributed by atoms with Crippen LogP contribution in [-0.2, 0) is 0 Å². The van der Waals surface area contributed by atoms with Crippen LogP contribution in [0.5, 0.6) is 0 Å². The van der Waals surface area contributed by atoms with Crippen molar-refractivity contribution in [2.45, 2.75) is 0 Å². The summed E-state index contributed by atoms with van der Waals surface area (Å²) in [6, 6.07) is 11.9. The number of hydrogen-bond donors (Lipinski definition) is 1. The monoisotopic (exact) mass is 347 g/mol. The Bertz CT molecular complexity index is 686. The molecule has 21 heavy (non-hydrogen) atoms. The normalized spacial score (nSPS) is 10.0. The molecule has 0 bridgehead atoms. The third-order valence-electron chi connectivity index (χ3n) is 2.76. The lowest BCUT2D eigenvalue weighted by Crippen LogP contribution is -2.24. The number of anilines is 1. The molecule has 1 N–H and O–H groups in total. The summed E-state index contributed by atoms with van der Waals surface area (Å²) in [7, 11) is 3.33. The fourth-order valence-electron chi connectivity index (χ4n) is 1.74. The number of para-hydroxylation sites is 1. The molecule has 6 heteroatoms. The van der Waals surface area contributed by atoms with Crippen LogP contribution in [0.15, 0.2) is 47.1 Å². The van der Waals surface area contributed by atoms with E-state index in [-0.39, 0.29) is 17.5 Å². The van der Waals surface area contributed by atoms with Gasteiger partial charge in [0.05, 0.1) is 11.3 Å². The summed E-state index contributed by atoms with van der Waals surface area (Å²) >= 11 is 3.22. The third-order valence-corrected chi connectivity index (χ3v) is 3.20. The van der Waals surface area contributed by atoms with Gasteiger partial charge in [0, 0.05) is 14.1 Å². The maximum atomic E-state index is 12.2. The molecule has 0 aliphatic carbocycles. The Kier molecular flexibility index (Phi) is 4.70. The van der Waals surface area contributed by atoms with Gasteiger partial charge in [0.25, 0.3) is 11.8 Å². The van der Waals surface area contributed by atoms with E-state index in [1.165, 1.54) is 4.90 Å². The molecule has 0 fully saturated rings. The smallest absolute Gasteiger partial charge is 0.274 e. The Balaban J connectivity index is 2.28. The molecule has 0 aliphatic rings. The molecule has 0 unspecified atom stereocenters. The standard InChI is InChI=1S/C15H14BrN3O2/c1-19(2)15(21)10-6-3-4-7-11(10)18-14(20)12-8-5-9-13(16)17-12/h3-9H,1-2H3,(H,18,20). The first kappa shape index (κ1) is 15.2. The van der Waals surface area contributed by atoms with Crippen molar-refractivity contribution in [3.63, 3.8) is 0 Å². The molecule has 1 aromatic heterocycles. The predicted octanol–water partition coefficient (Wildman–Crippen LogP) is 2.80. The van der Waals surface area contributed by atoms with Gasteiger partial charge >= 0.3 is 0 Å². The van der Waals surface area contributed by atoms with Crippen LogP contribution < -0.4 is 5.32 Å². The number of amides is 2. The molecule has 2 aromatic rings. The minimum atomic E-state index is -0.365. The van der Waals surface area contributed by atoms with Gasteiger partial charge in [-0.05, 0) is 40.2 Å². The predicted molar refractivity (Wildman–Crippen MR) is 84.3 cm³/mol. The summed E-state index contributed by atoms with van der Waals surface area (Å²) in [5.74, 6) is -0.539. The molecular weight excluding hydrogens is 334 g/mol. The minimum absolute atomic E-state index is 0.173. The first-order chi connectivity index (χ1) is 9.99.